The fraction of sp³-hybridized carbons (Fsp3) is 0.467. The number of amidine groups is 1. The first-order valence-corrected chi connectivity index (χ1v) is 7.00. The van der Waals surface area contributed by atoms with Crippen LogP contribution in [0.25, 0.3) is 0 Å². The molecule has 0 atom stereocenters. The monoisotopic (exact) mass is 293 g/mol. The van der Waals surface area contributed by atoms with Crippen LogP contribution in [0.1, 0.15) is 30.4 Å². The molecule has 116 valence electrons. The van der Waals surface area contributed by atoms with Gasteiger partial charge in [0.2, 0.25) is 5.91 Å². The first-order valence-electron chi connectivity index (χ1n) is 7.00. The smallest absolute Gasteiger partial charge is 0.226 e. The molecule has 0 heterocycles. The molecule has 0 saturated carbocycles. The van der Waals surface area contributed by atoms with Gasteiger partial charge in [-0.05, 0) is 24.8 Å². The van der Waals surface area contributed by atoms with Gasteiger partial charge >= 0.3 is 0 Å². The fourth-order valence-electron chi connectivity index (χ4n) is 1.92. The van der Waals surface area contributed by atoms with Crippen molar-refractivity contribution in [3.8, 4) is 0 Å². The number of oxime groups is 1. The molecule has 0 spiro atoms. The Hall–Kier alpha value is -2.08. The molecule has 6 heteroatoms. The number of hydrogen-bond acceptors (Lipinski definition) is 4. The Morgan fingerprint density at radius 3 is 2.48 bits per heavy atom. The summed E-state index contributed by atoms with van der Waals surface area (Å²) in [5.41, 5.74) is 6.98. The quantitative estimate of drug-likeness (QED) is 0.218. The number of carbonyl (C=O) groups excluding carboxylic acids is 1. The summed E-state index contributed by atoms with van der Waals surface area (Å²) in [5, 5.41) is 20.2. The number of aliphatic hydroxyl groups is 1. The number of hydrogen-bond donors (Lipinski definition) is 3. The molecule has 1 aromatic rings. The summed E-state index contributed by atoms with van der Waals surface area (Å²) in [6.45, 7) is 0.894. The predicted octanol–water partition coefficient (Wildman–Crippen LogP) is 0.945. The van der Waals surface area contributed by atoms with Gasteiger partial charge in [-0.15, -0.1) is 0 Å². The van der Waals surface area contributed by atoms with E-state index in [9.17, 15) is 4.79 Å². The van der Waals surface area contributed by atoms with Gasteiger partial charge in [-0.2, -0.15) is 0 Å². The first kappa shape index (κ1) is 17.0. The summed E-state index contributed by atoms with van der Waals surface area (Å²) in [6, 6.07) is 7.04. The number of unbranched alkanes of at least 4 members (excludes halogenated alkanes) is 2. The Labute approximate surface area is 124 Å². The number of benzene rings is 1. The summed E-state index contributed by atoms with van der Waals surface area (Å²) in [7, 11) is 1.78. The molecule has 0 aromatic heterocycles. The van der Waals surface area contributed by atoms with E-state index < -0.39 is 0 Å². The van der Waals surface area contributed by atoms with Crippen LogP contribution in [0.3, 0.4) is 0 Å². The van der Waals surface area contributed by atoms with E-state index in [1.165, 1.54) is 0 Å². The highest BCUT2D eigenvalue weighted by Gasteiger charge is 2.09. The van der Waals surface area contributed by atoms with Crippen molar-refractivity contribution in [3.05, 3.63) is 35.4 Å². The van der Waals surface area contributed by atoms with E-state index in [4.69, 9.17) is 16.0 Å². The number of carbonyl (C=O) groups is 1. The molecule has 1 aromatic carbocycles. The van der Waals surface area contributed by atoms with Gasteiger partial charge in [0.25, 0.3) is 0 Å². The molecule has 0 fully saturated rings. The fourth-order valence-corrected chi connectivity index (χ4v) is 1.92. The lowest BCUT2D eigenvalue weighted by Crippen LogP contribution is -2.29. The molecule has 0 aliphatic rings. The van der Waals surface area contributed by atoms with Crippen LogP contribution in [0, 0.1) is 0 Å². The van der Waals surface area contributed by atoms with Crippen LogP contribution in [-0.4, -0.2) is 47.2 Å². The number of rotatable bonds is 8. The van der Waals surface area contributed by atoms with Gasteiger partial charge in [0.05, 0.1) is 6.42 Å². The topological polar surface area (TPSA) is 99.2 Å². The third-order valence-corrected chi connectivity index (χ3v) is 3.29. The SMILES string of the molecule is CN(CCCCCO)C(=O)Cc1ccc(/C(N)=N/O)cc1. The molecular formula is C15H23N3O3. The van der Waals surface area contributed by atoms with Crippen LogP contribution < -0.4 is 5.73 Å². The van der Waals surface area contributed by atoms with Crippen molar-refractivity contribution in [1.82, 2.24) is 4.90 Å². The molecule has 0 aliphatic heterocycles. The van der Waals surface area contributed by atoms with Crippen LogP contribution in [0.5, 0.6) is 0 Å². The van der Waals surface area contributed by atoms with E-state index in [1.807, 2.05) is 0 Å². The molecule has 1 rings (SSSR count). The van der Waals surface area contributed by atoms with E-state index in [2.05, 4.69) is 5.16 Å². The largest absolute Gasteiger partial charge is 0.409 e. The summed E-state index contributed by atoms with van der Waals surface area (Å²) < 4.78 is 0. The van der Waals surface area contributed by atoms with Gasteiger partial charge in [0.15, 0.2) is 5.84 Å². The van der Waals surface area contributed by atoms with Gasteiger partial charge in [0.1, 0.15) is 0 Å². The molecule has 21 heavy (non-hydrogen) atoms. The van der Waals surface area contributed by atoms with Gasteiger partial charge in [0, 0.05) is 25.8 Å². The summed E-state index contributed by atoms with van der Waals surface area (Å²) in [4.78, 5) is 13.7. The van der Waals surface area contributed by atoms with Crippen LogP contribution in [-0.2, 0) is 11.2 Å². The highest BCUT2D eigenvalue weighted by molar-refractivity contribution is 5.97. The third-order valence-electron chi connectivity index (χ3n) is 3.29. The van der Waals surface area contributed by atoms with E-state index in [0.29, 0.717) is 18.5 Å². The minimum Gasteiger partial charge on any atom is -0.409 e. The zero-order chi connectivity index (χ0) is 15.7. The lowest BCUT2D eigenvalue weighted by atomic mass is 10.1. The van der Waals surface area contributed by atoms with Crippen molar-refractivity contribution >= 4 is 11.7 Å². The highest BCUT2D eigenvalue weighted by atomic mass is 16.4. The van der Waals surface area contributed by atoms with Crippen LogP contribution in [0.2, 0.25) is 0 Å². The van der Waals surface area contributed by atoms with E-state index in [0.717, 1.165) is 24.8 Å². The minimum atomic E-state index is 0.0499. The lowest BCUT2D eigenvalue weighted by Gasteiger charge is -2.17. The molecule has 0 bridgehead atoms. The predicted molar refractivity (Wildman–Crippen MR) is 81.2 cm³/mol. The van der Waals surface area contributed by atoms with Crippen LogP contribution in [0.15, 0.2) is 29.4 Å². The maximum absolute atomic E-state index is 12.0. The second-order valence-electron chi connectivity index (χ2n) is 4.96. The van der Waals surface area contributed by atoms with Crippen molar-refractivity contribution in [2.24, 2.45) is 10.9 Å². The van der Waals surface area contributed by atoms with Crippen molar-refractivity contribution in [1.29, 1.82) is 0 Å². The van der Waals surface area contributed by atoms with Crippen molar-refractivity contribution in [2.45, 2.75) is 25.7 Å². The van der Waals surface area contributed by atoms with E-state index in [-0.39, 0.29) is 18.3 Å². The van der Waals surface area contributed by atoms with Crippen LogP contribution in [0.4, 0.5) is 0 Å². The van der Waals surface area contributed by atoms with Crippen molar-refractivity contribution in [3.63, 3.8) is 0 Å². The van der Waals surface area contributed by atoms with Crippen molar-refractivity contribution in [2.75, 3.05) is 20.2 Å². The average molecular weight is 293 g/mol. The molecule has 1 amide bonds. The molecule has 0 unspecified atom stereocenters. The van der Waals surface area contributed by atoms with Gasteiger partial charge in [-0.3, -0.25) is 4.79 Å². The van der Waals surface area contributed by atoms with E-state index in [1.54, 1.807) is 36.2 Å². The molecule has 0 saturated heterocycles. The molecule has 4 N–H and O–H groups in total. The number of nitrogens with two attached hydrogens (primary N) is 1. The van der Waals surface area contributed by atoms with Gasteiger partial charge in [-0.1, -0.05) is 29.4 Å². The van der Waals surface area contributed by atoms with E-state index >= 15 is 0 Å². The Balaban J connectivity index is 2.47. The lowest BCUT2D eigenvalue weighted by molar-refractivity contribution is -0.129. The maximum Gasteiger partial charge on any atom is 0.226 e. The summed E-state index contributed by atoms with van der Waals surface area (Å²) >= 11 is 0. The Morgan fingerprint density at radius 1 is 1.24 bits per heavy atom. The normalized spacial score (nSPS) is 11.4. The second kappa shape index (κ2) is 8.97. The zero-order valence-corrected chi connectivity index (χ0v) is 12.3. The van der Waals surface area contributed by atoms with Gasteiger partial charge < -0.3 is 20.9 Å². The highest BCUT2D eigenvalue weighted by Crippen LogP contribution is 2.07. The average Bonchev–Trinajstić information content (AvgIpc) is 2.51. The Kier molecular flexibility index (Phi) is 7.25. The van der Waals surface area contributed by atoms with Crippen LogP contribution >= 0.6 is 0 Å². The summed E-state index contributed by atoms with van der Waals surface area (Å²) in [6.07, 6.45) is 2.91. The maximum atomic E-state index is 12.0. The second-order valence-corrected chi connectivity index (χ2v) is 4.96. The standard InChI is InChI=1S/C15H23N3O3/c1-18(9-3-2-4-10-19)14(20)11-12-5-7-13(8-6-12)15(16)17-21/h5-8,19,21H,2-4,9-11H2,1H3,(H2,16,17). The molecule has 0 radical (unpaired) electrons. The Morgan fingerprint density at radius 2 is 1.90 bits per heavy atom. The summed E-state index contributed by atoms with van der Waals surface area (Å²) in [5.74, 6) is 0.101. The number of nitrogens with zero attached hydrogens (tertiary/aromatic N) is 2. The minimum absolute atomic E-state index is 0.0499. The van der Waals surface area contributed by atoms with Crippen molar-refractivity contribution < 1.29 is 15.1 Å². The number of likely N-dealkylation sites (N-methyl/N-ethyl adjacent to an activating group) is 1. The first-order chi connectivity index (χ1) is 10.1. The Bertz CT molecular complexity index is 472. The zero-order valence-electron chi connectivity index (χ0n) is 12.3. The molecule has 6 nitrogen and oxygen atoms in total. The molecular weight excluding hydrogens is 270 g/mol. The third kappa shape index (κ3) is 5.83. The number of amides is 1. The number of aliphatic hydroxyl groups excluding tert-OH is 1. The molecule has 0 aliphatic carbocycles. The van der Waals surface area contributed by atoms with Gasteiger partial charge in [-0.25, -0.2) is 0 Å².